The first-order valence-electron chi connectivity index (χ1n) is 28.1. The van der Waals surface area contributed by atoms with Crippen LogP contribution >= 0.6 is 11.3 Å². The molecular weight excluding hydrogens is 888 g/mol. The number of aryl methyl sites for hydroxylation is 1. The summed E-state index contributed by atoms with van der Waals surface area (Å²) in [6.07, 6.45) is 15.4. The lowest BCUT2D eigenvalue weighted by Gasteiger charge is -2.57. The van der Waals surface area contributed by atoms with E-state index in [0.717, 1.165) is 35.5 Å². The molecule has 6 aliphatic carbocycles. The molecule has 0 N–H and O–H groups in total. The Balaban J connectivity index is 1.03. The van der Waals surface area contributed by atoms with Crippen molar-refractivity contribution >= 4 is 88.2 Å². The zero-order valence-corrected chi connectivity index (χ0v) is 44.1. The van der Waals surface area contributed by atoms with Crippen molar-refractivity contribution in [3.63, 3.8) is 0 Å². The second-order valence-electron chi connectivity index (χ2n) is 26.5. The van der Waals surface area contributed by atoms with Crippen LogP contribution in [0.3, 0.4) is 0 Å². The van der Waals surface area contributed by atoms with E-state index in [9.17, 15) is 0 Å². The Morgan fingerprint density at radius 1 is 0.542 bits per heavy atom. The van der Waals surface area contributed by atoms with Crippen molar-refractivity contribution in [2.24, 2.45) is 35.5 Å². The molecule has 6 fully saturated rings. The van der Waals surface area contributed by atoms with Crippen LogP contribution in [0.1, 0.15) is 128 Å². The molecule has 6 bridgehead atoms. The Labute approximate surface area is 430 Å². The number of anilines is 3. The number of hydrogen-bond acceptors (Lipinski definition) is 2. The summed E-state index contributed by atoms with van der Waals surface area (Å²) in [7, 11) is 0. The van der Waals surface area contributed by atoms with Gasteiger partial charge in [-0.15, -0.1) is 11.3 Å². The van der Waals surface area contributed by atoms with E-state index in [1.54, 1.807) is 11.1 Å². The predicted molar refractivity (Wildman–Crippen MR) is 308 cm³/mol. The number of aromatic nitrogens is 1. The molecule has 4 heterocycles. The van der Waals surface area contributed by atoms with Gasteiger partial charge >= 0.3 is 6.85 Å². The first kappa shape index (κ1) is 42.9. The summed E-state index contributed by atoms with van der Waals surface area (Å²) in [5.41, 5.74) is 20.4. The largest absolute Gasteiger partial charge is 0.375 e. The molecular formula is C68H67BN2S. The number of fused-ring (bicyclic) bond motifs is 13. The molecule has 7 aromatic carbocycles. The average Bonchev–Trinajstić information content (AvgIpc) is 3.90. The highest BCUT2D eigenvalue weighted by molar-refractivity contribution is 7.26. The van der Waals surface area contributed by atoms with Crippen LogP contribution in [0.2, 0.25) is 0 Å². The van der Waals surface area contributed by atoms with Gasteiger partial charge in [0.25, 0.3) is 0 Å². The van der Waals surface area contributed by atoms with E-state index in [-0.39, 0.29) is 17.7 Å². The molecule has 2 nitrogen and oxygen atoms in total. The number of hydrogen-bond donors (Lipinski definition) is 0. The van der Waals surface area contributed by atoms with Crippen LogP contribution in [-0.2, 0) is 16.2 Å². The van der Waals surface area contributed by atoms with Crippen molar-refractivity contribution in [3.8, 4) is 22.3 Å². The summed E-state index contributed by atoms with van der Waals surface area (Å²) in [5.74, 6) is 5.07. The standard InChI is InChI=1S/C68H67BN2S/c1-39-24-55-57-32-50(67-33-40(2)22-42(35-67)23-41(3)34-67)31-56-54-30-49(68-36-43-26-44(37-68)28-45(27-43)38-68)18-21-59(54)71(63(56)57)69-61(55)60(25-39)70(65-62(69)52-19-16-47-14-10-11-15-51(47)64(52)72-65)58-20-17-48(66(4,5)6)29-53(58)46-12-8-7-9-13-46/h7-21,24-25,29-32,40-45H,22-23,26-28,33-38H2,1-6H3. The molecule has 2 unspecified atom stereocenters. The minimum absolute atomic E-state index is 0.00282. The number of thiophene rings is 1. The minimum atomic E-state index is 0.00282. The van der Waals surface area contributed by atoms with E-state index in [4.69, 9.17) is 0 Å². The normalized spacial score (nSPS) is 27.9. The van der Waals surface area contributed by atoms with Crippen molar-refractivity contribution < 1.29 is 0 Å². The van der Waals surface area contributed by atoms with Crippen LogP contribution in [0.25, 0.3) is 64.9 Å². The van der Waals surface area contributed by atoms with Gasteiger partial charge in [0, 0.05) is 43.3 Å². The topological polar surface area (TPSA) is 8.17 Å². The third-order valence-corrected chi connectivity index (χ3v) is 21.7. The van der Waals surface area contributed by atoms with Crippen molar-refractivity contribution in [2.45, 2.75) is 128 Å². The summed E-state index contributed by atoms with van der Waals surface area (Å²) in [5, 5.41) is 8.43. The van der Waals surface area contributed by atoms with E-state index in [1.807, 2.05) is 11.3 Å². The SMILES string of the molecule is Cc1cc2c3c(c1)N(c1ccc(C(C)(C)C)cc1-c1ccccc1)c1sc4c(ccc5ccccc54)c1B3n1c3ccc(C45CC6CC(CC(C6)C4)C5)cc3c3cc(C45CC(C)CC(CC(C)C4)C5)cc-2c31. The van der Waals surface area contributed by atoms with Crippen LogP contribution in [0.5, 0.6) is 0 Å². The van der Waals surface area contributed by atoms with Gasteiger partial charge in [-0.3, -0.25) is 0 Å². The summed E-state index contributed by atoms with van der Waals surface area (Å²) in [6, 6.07) is 51.5. The number of benzene rings is 7. The highest BCUT2D eigenvalue weighted by Gasteiger charge is 2.53. The fourth-order valence-electron chi connectivity index (χ4n) is 18.3. The van der Waals surface area contributed by atoms with Gasteiger partial charge in [0.05, 0.1) is 10.7 Å². The van der Waals surface area contributed by atoms with Gasteiger partial charge in [0.2, 0.25) is 0 Å². The van der Waals surface area contributed by atoms with Crippen molar-refractivity contribution in [1.29, 1.82) is 0 Å². The molecule has 0 saturated heterocycles. The molecule has 4 heteroatoms. The summed E-state index contributed by atoms with van der Waals surface area (Å²) in [4.78, 5) is 2.74. The molecule has 0 spiro atoms. The van der Waals surface area contributed by atoms with Crippen LogP contribution in [0, 0.1) is 42.4 Å². The summed E-state index contributed by atoms with van der Waals surface area (Å²) < 4.78 is 4.30. The Hall–Kier alpha value is -5.58. The van der Waals surface area contributed by atoms with Crippen LogP contribution in [-0.4, -0.2) is 11.3 Å². The van der Waals surface area contributed by atoms with Gasteiger partial charge in [-0.1, -0.05) is 120 Å². The highest BCUT2D eigenvalue weighted by atomic mass is 32.1. The lowest BCUT2D eigenvalue weighted by Crippen LogP contribution is -2.56. The predicted octanol–water partition coefficient (Wildman–Crippen LogP) is 17.4. The van der Waals surface area contributed by atoms with Gasteiger partial charge in [-0.25, -0.2) is 0 Å². The summed E-state index contributed by atoms with van der Waals surface area (Å²) in [6.45, 7) is 14.6. The van der Waals surface area contributed by atoms with E-state index < -0.39 is 0 Å². The number of rotatable bonds is 4. The van der Waals surface area contributed by atoms with Gasteiger partial charge < -0.3 is 9.38 Å². The Kier molecular flexibility index (Phi) is 8.82. The Morgan fingerprint density at radius 3 is 1.96 bits per heavy atom. The van der Waals surface area contributed by atoms with Crippen molar-refractivity contribution in [3.05, 3.63) is 150 Å². The maximum Gasteiger partial charge on any atom is 0.334 e. The van der Waals surface area contributed by atoms with E-state index >= 15 is 0 Å². The zero-order chi connectivity index (χ0) is 48.2. The Morgan fingerprint density at radius 2 is 1.22 bits per heavy atom. The molecule has 8 aliphatic rings. The van der Waals surface area contributed by atoms with E-state index in [1.165, 1.54) is 174 Å². The minimum Gasteiger partial charge on any atom is -0.375 e. The quantitative estimate of drug-likeness (QED) is 0.160. The zero-order valence-electron chi connectivity index (χ0n) is 43.2. The second kappa shape index (κ2) is 14.8. The molecule has 0 amide bonds. The molecule has 0 radical (unpaired) electrons. The molecule has 2 atom stereocenters. The molecule has 6 saturated carbocycles. The van der Waals surface area contributed by atoms with Crippen LogP contribution in [0.4, 0.5) is 16.4 Å². The first-order chi connectivity index (χ1) is 34.9. The first-order valence-corrected chi connectivity index (χ1v) is 28.9. The smallest absolute Gasteiger partial charge is 0.334 e. The maximum absolute atomic E-state index is 2.90. The maximum atomic E-state index is 2.90. The lowest BCUT2D eigenvalue weighted by molar-refractivity contribution is -0.00512. The Bertz CT molecular complexity index is 3730. The highest BCUT2D eigenvalue weighted by Crippen LogP contribution is 2.62. The van der Waals surface area contributed by atoms with Crippen LogP contribution < -0.4 is 15.8 Å². The average molecular weight is 955 g/mol. The summed E-state index contributed by atoms with van der Waals surface area (Å²) >= 11 is 2.02. The molecule has 72 heavy (non-hydrogen) atoms. The number of nitrogens with zero attached hydrogens (tertiary/aromatic N) is 2. The van der Waals surface area contributed by atoms with Crippen LogP contribution in [0.15, 0.2) is 127 Å². The fraction of sp³-hybridized carbons (Fsp3) is 0.382. The lowest BCUT2D eigenvalue weighted by atomic mass is 9.45. The van der Waals surface area contributed by atoms with Gasteiger partial charge in [-0.05, 0) is 232 Å². The molecule has 2 aromatic heterocycles. The molecule has 358 valence electrons. The van der Waals surface area contributed by atoms with E-state index in [2.05, 4.69) is 178 Å². The molecule has 9 aromatic rings. The van der Waals surface area contributed by atoms with Gasteiger partial charge in [0.15, 0.2) is 0 Å². The fourth-order valence-corrected chi connectivity index (χ4v) is 19.7. The monoisotopic (exact) mass is 955 g/mol. The van der Waals surface area contributed by atoms with Gasteiger partial charge in [0.1, 0.15) is 0 Å². The molecule has 17 rings (SSSR count). The van der Waals surface area contributed by atoms with Gasteiger partial charge in [-0.2, -0.15) is 0 Å². The van der Waals surface area contributed by atoms with Crippen molar-refractivity contribution in [2.75, 3.05) is 4.90 Å². The second-order valence-corrected chi connectivity index (χ2v) is 27.5. The third-order valence-electron chi connectivity index (χ3n) is 20.4. The van der Waals surface area contributed by atoms with E-state index in [0.29, 0.717) is 5.41 Å². The third kappa shape index (κ3) is 5.97. The molecule has 2 aliphatic heterocycles. The van der Waals surface area contributed by atoms with Crippen molar-refractivity contribution in [1.82, 2.24) is 4.48 Å².